The van der Waals surface area contributed by atoms with Gasteiger partial charge in [0, 0.05) is 12.5 Å². The third kappa shape index (κ3) is 3.33. The second-order valence-electron chi connectivity index (χ2n) is 7.74. The maximum Gasteiger partial charge on any atom is 0.295 e. The monoisotopic (exact) mass is 362 g/mol. The van der Waals surface area contributed by atoms with Gasteiger partial charge in [-0.1, -0.05) is 12.8 Å². The van der Waals surface area contributed by atoms with Crippen molar-refractivity contribution in [2.45, 2.75) is 50.9 Å². The van der Waals surface area contributed by atoms with E-state index >= 15 is 0 Å². The number of nitrogens with zero attached hydrogens (tertiary/aromatic N) is 1. The molecule has 0 saturated heterocycles. The Morgan fingerprint density at radius 2 is 2.15 bits per heavy atom. The van der Waals surface area contributed by atoms with E-state index in [4.69, 9.17) is 4.74 Å². The Labute approximate surface area is 151 Å². The SMILES string of the molecule is COc1ccc2nc(C(F)(F)CCCC[C@H]3CCC4CC43)c(=O)[nH]c2c1. The number of aromatic amines is 1. The predicted molar refractivity (Wildman–Crippen MR) is 95.6 cm³/mol. The van der Waals surface area contributed by atoms with Gasteiger partial charge in [0.2, 0.25) is 0 Å². The zero-order valence-electron chi connectivity index (χ0n) is 14.9. The van der Waals surface area contributed by atoms with Gasteiger partial charge in [0.1, 0.15) is 5.75 Å². The molecule has 140 valence electrons. The van der Waals surface area contributed by atoms with Crippen molar-refractivity contribution in [1.29, 1.82) is 0 Å². The molecular formula is C20H24F2N2O2. The van der Waals surface area contributed by atoms with Gasteiger partial charge in [-0.25, -0.2) is 4.98 Å². The number of ether oxygens (including phenoxy) is 1. The number of methoxy groups -OCH3 is 1. The first-order chi connectivity index (χ1) is 12.5. The third-order valence-corrected chi connectivity index (χ3v) is 6.05. The molecule has 2 aromatic rings. The summed E-state index contributed by atoms with van der Waals surface area (Å²) in [6.07, 6.45) is 5.87. The summed E-state index contributed by atoms with van der Waals surface area (Å²) in [6, 6.07) is 4.80. The van der Waals surface area contributed by atoms with Crippen LogP contribution < -0.4 is 10.3 Å². The van der Waals surface area contributed by atoms with Crippen molar-refractivity contribution < 1.29 is 13.5 Å². The normalized spacial score (nSPS) is 24.7. The molecule has 0 amide bonds. The van der Waals surface area contributed by atoms with Crippen molar-refractivity contribution >= 4 is 11.0 Å². The van der Waals surface area contributed by atoms with Crippen LogP contribution in [0.2, 0.25) is 0 Å². The Bertz CT molecular complexity index is 865. The van der Waals surface area contributed by atoms with Crippen LogP contribution in [0.1, 0.15) is 50.6 Å². The highest BCUT2D eigenvalue weighted by atomic mass is 19.3. The van der Waals surface area contributed by atoms with E-state index in [2.05, 4.69) is 9.97 Å². The Morgan fingerprint density at radius 3 is 2.85 bits per heavy atom. The highest BCUT2D eigenvalue weighted by Crippen LogP contribution is 2.56. The summed E-state index contributed by atoms with van der Waals surface area (Å²) in [5, 5.41) is 0. The fraction of sp³-hybridized carbons (Fsp3) is 0.600. The smallest absolute Gasteiger partial charge is 0.295 e. The van der Waals surface area contributed by atoms with Crippen LogP contribution in [0.5, 0.6) is 5.75 Å². The highest BCUT2D eigenvalue weighted by Gasteiger charge is 2.47. The number of unbranched alkanes of at least 4 members (excludes halogenated alkanes) is 1. The summed E-state index contributed by atoms with van der Waals surface area (Å²) in [5.74, 6) is -0.123. The number of alkyl halides is 2. The molecule has 4 rings (SSSR count). The van der Waals surface area contributed by atoms with Gasteiger partial charge in [-0.2, -0.15) is 8.78 Å². The minimum atomic E-state index is -3.21. The van der Waals surface area contributed by atoms with Crippen molar-refractivity contribution in [2.75, 3.05) is 7.11 Å². The molecule has 1 heterocycles. The number of hydrogen-bond acceptors (Lipinski definition) is 3. The van der Waals surface area contributed by atoms with E-state index in [1.807, 2.05) is 0 Å². The lowest BCUT2D eigenvalue weighted by Crippen LogP contribution is -2.27. The number of aromatic nitrogens is 2. The minimum absolute atomic E-state index is 0.328. The topological polar surface area (TPSA) is 55.0 Å². The number of benzene rings is 1. The number of rotatable bonds is 7. The van der Waals surface area contributed by atoms with Gasteiger partial charge < -0.3 is 9.72 Å². The molecule has 3 atom stereocenters. The summed E-state index contributed by atoms with van der Waals surface area (Å²) >= 11 is 0. The number of hydrogen-bond donors (Lipinski definition) is 1. The number of H-pyrrole nitrogens is 1. The molecule has 2 aliphatic rings. The maximum atomic E-state index is 14.6. The van der Waals surface area contributed by atoms with E-state index in [1.165, 1.54) is 26.4 Å². The third-order valence-electron chi connectivity index (χ3n) is 6.05. The van der Waals surface area contributed by atoms with Gasteiger partial charge in [-0.3, -0.25) is 4.79 Å². The van der Waals surface area contributed by atoms with Gasteiger partial charge in [0.15, 0.2) is 5.69 Å². The molecule has 2 saturated carbocycles. The number of nitrogens with one attached hydrogen (secondary N) is 1. The molecule has 2 aliphatic carbocycles. The van der Waals surface area contributed by atoms with Crippen LogP contribution in [0.25, 0.3) is 11.0 Å². The Kier molecular flexibility index (Phi) is 4.45. The van der Waals surface area contributed by atoms with Gasteiger partial charge in [0.25, 0.3) is 11.5 Å². The van der Waals surface area contributed by atoms with Crippen molar-refractivity contribution in [1.82, 2.24) is 9.97 Å². The molecule has 0 radical (unpaired) electrons. The average Bonchev–Trinajstić information content (AvgIpc) is 3.30. The van der Waals surface area contributed by atoms with Crippen molar-refractivity contribution in [2.24, 2.45) is 17.8 Å². The summed E-state index contributed by atoms with van der Waals surface area (Å²) < 4.78 is 34.2. The van der Waals surface area contributed by atoms with Crippen LogP contribution in [0.15, 0.2) is 23.0 Å². The molecule has 0 aliphatic heterocycles. The molecule has 0 bridgehead atoms. The lowest BCUT2D eigenvalue weighted by molar-refractivity contribution is -0.0216. The zero-order valence-corrected chi connectivity index (χ0v) is 14.9. The summed E-state index contributed by atoms with van der Waals surface area (Å²) in [7, 11) is 1.50. The van der Waals surface area contributed by atoms with E-state index in [9.17, 15) is 13.6 Å². The fourth-order valence-electron chi connectivity index (χ4n) is 4.49. The van der Waals surface area contributed by atoms with Gasteiger partial charge >= 0.3 is 0 Å². The van der Waals surface area contributed by atoms with Gasteiger partial charge in [0.05, 0.1) is 18.1 Å². The number of halogens is 2. The summed E-state index contributed by atoms with van der Waals surface area (Å²) in [5.41, 5.74) is -0.773. The summed E-state index contributed by atoms with van der Waals surface area (Å²) in [4.78, 5) is 18.6. The first kappa shape index (κ1) is 17.4. The first-order valence-corrected chi connectivity index (χ1v) is 9.44. The molecule has 6 heteroatoms. The fourth-order valence-corrected chi connectivity index (χ4v) is 4.49. The van der Waals surface area contributed by atoms with Crippen LogP contribution >= 0.6 is 0 Å². The lowest BCUT2D eigenvalue weighted by atomic mass is 9.95. The average molecular weight is 362 g/mol. The molecular weight excluding hydrogens is 338 g/mol. The van der Waals surface area contributed by atoms with Crippen molar-refractivity contribution in [3.05, 3.63) is 34.2 Å². The van der Waals surface area contributed by atoms with E-state index in [0.29, 0.717) is 23.2 Å². The maximum absolute atomic E-state index is 14.6. The lowest BCUT2D eigenvalue weighted by Gasteiger charge is -2.16. The van der Waals surface area contributed by atoms with E-state index < -0.39 is 17.2 Å². The molecule has 2 unspecified atom stereocenters. The largest absolute Gasteiger partial charge is 0.497 e. The predicted octanol–water partition coefficient (Wildman–Crippen LogP) is 4.63. The Balaban J connectivity index is 1.42. The molecule has 2 fully saturated rings. The van der Waals surface area contributed by atoms with Gasteiger partial charge in [-0.05, 0) is 55.6 Å². The molecule has 26 heavy (non-hydrogen) atoms. The quantitative estimate of drug-likeness (QED) is 0.731. The van der Waals surface area contributed by atoms with Crippen molar-refractivity contribution in [3.8, 4) is 5.75 Å². The molecule has 0 spiro atoms. The van der Waals surface area contributed by atoms with E-state index in [1.54, 1.807) is 18.2 Å². The van der Waals surface area contributed by atoms with Crippen LogP contribution in [0, 0.1) is 17.8 Å². The second-order valence-corrected chi connectivity index (χ2v) is 7.74. The molecule has 4 nitrogen and oxygen atoms in total. The molecule has 1 aromatic heterocycles. The number of fused-ring (bicyclic) bond motifs is 2. The first-order valence-electron chi connectivity index (χ1n) is 9.44. The Morgan fingerprint density at radius 1 is 1.31 bits per heavy atom. The van der Waals surface area contributed by atoms with E-state index in [-0.39, 0.29) is 6.42 Å². The standard InChI is InChI=1S/C20H24F2N2O2/c1-26-14-7-8-16-17(11-14)24-19(25)18(23-16)20(21,22)9-3-2-4-12-5-6-13-10-15(12)13/h7-8,11-13,15H,2-6,9-10H2,1H3,(H,24,25)/t12-,13?,15?/m0/s1. The highest BCUT2D eigenvalue weighted by molar-refractivity contribution is 5.75. The second kappa shape index (κ2) is 6.63. The van der Waals surface area contributed by atoms with Crippen LogP contribution in [-0.4, -0.2) is 17.1 Å². The molecule has 1 aromatic carbocycles. The van der Waals surface area contributed by atoms with Crippen LogP contribution in [-0.2, 0) is 5.92 Å². The van der Waals surface area contributed by atoms with Crippen LogP contribution in [0.4, 0.5) is 8.78 Å². The van der Waals surface area contributed by atoms with Crippen molar-refractivity contribution in [3.63, 3.8) is 0 Å². The summed E-state index contributed by atoms with van der Waals surface area (Å²) in [6.45, 7) is 0. The molecule has 1 N–H and O–H groups in total. The minimum Gasteiger partial charge on any atom is -0.497 e. The van der Waals surface area contributed by atoms with E-state index in [0.717, 1.165) is 30.6 Å². The van der Waals surface area contributed by atoms with Crippen LogP contribution in [0.3, 0.4) is 0 Å². The Hall–Kier alpha value is -1.98. The zero-order chi connectivity index (χ0) is 18.3. The van der Waals surface area contributed by atoms with Gasteiger partial charge in [-0.15, -0.1) is 0 Å².